The summed E-state index contributed by atoms with van der Waals surface area (Å²) in [6, 6.07) is 7.87. The number of halogens is 1. The van der Waals surface area contributed by atoms with Gasteiger partial charge >= 0.3 is 0 Å². The first-order chi connectivity index (χ1) is 8.24. The lowest BCUT2D eigenvalue weighted by Crippen LogP contribution is -2.60. The van der Waals surface area contributed by atoms with Gasteiger partial charge < -0.3 is 14.8 Å². The molecule has 1 aliphatic carbocycles. The molecule has 4 heteroatoms. The molecule has 1 fully saturated rings. The van der Waals surface area contributed by atoms with E-state index in [1.54, 1.807) is 0 Å². The molecule has 3 unspecified atom stereocenters. The van der Waals surface area contributed by atoms with E-state index in [1.165, 1.54) is 0 Å². The van der Waals surface area contributed by atoms with E-state index in [0.29, 0.717) is 17.7 Å². The lowest BCUT2D eigenvalue weighted by Gasteiger charge is -2.43. The highest BCUT2D eigenvalue weighted by molar-refractivity contribution is 6.30. The van der Waals surface area contributed by atoms with E-state index in [1.807, 2.05) is 38.2 Å². The molecule has 3 atom stereocenters. The van der Waals surface area contributed by atoms with Gasteiger partial charge in [0.25, 0.3) is 0 Å². The highest BCUT2D eigenvalue weighted by Crippen LogP contribution is 2.29. The van der Waals surface area contributed by atoms with Crippen LogP contribution in [-0.4, -0.2) is 31.9 Å². The van der Waals surface area contributed by atoms with Crippen molar-refractivity contribution in [3.8, 4) is 5.75 Å². The highest BCUT2D eigenvalue weighted by Gasteiger charge is 2.42. The Labute approximate surface area is 107 Å². The third-order valence-electron chi connectivity index (χ3n) is 3.06. The monoisotopic (exact) mass is 255 g/mol. The molecule has 0 heterocycles. The van der Waals surface area contributed by atoms with Crippen LogP contribution in [0.3, 0.4) is 0 Å². The van der Waals surface area contributed by atoms with Gasteiger partial charge in [0.15, 0.2) is 0 Å². The molecule has 17 heavy (non-hydrogen) atoms. The zero-order valence-corrected chi connectivity index (χ0v) is 10.9. The second-order valence-electron chi connectivity index (χ2n) is 4.16. The predicted octanol–water partition coefficient (Wildman–Crippen LogP) is 2.48. The molecular formula is C13H18ClNO2. The lowest BCUT2D eigenvalue weighted by atomic mass is 9.85. The summed E-state index contributed by atoms with van der Waals surface area (Å²) in [5.41, 5.74) is 0. The van der Waals surface area contributed by atoms with Gasteiger partial charge in [-0.25, -0.2) is 0 Å². The largest absolute Gasteiger partial charge is 0.488 e. The van der Waals surface area contributed by atoms with Crippen LogP contribution in [0.2, 0.25) is 5.02 Å². The minimum Gasteiger partial charge on any atom is -0.488 e. The van der Waals surface area contributed by atoms with Crippen molar-refractivity contribution >= 4 is 11.6 Å². The van der Waals surface area contributed by atoms with Crippen molar-refractivity contribution in [1.29, 1.82) is 0 Å². The van der Waals surface area contributed by atoms with Crippen LogP contribution in [0.5, 0.6) is 5.75 Å². The quantitative estimate of drug-likeness (QED) is 0.877. The van der Waals surface area contributed by atoms with Crippen molar-refractivity contribution in [2.24, 2.45) is 0 Å². The van der Waals surface area contributed by atoms with Gasteiger partial charge in [-0.2, -0.15) is 0 Å². The van der Waals surface area contributed by atoms with Crippen LogP contribution >= 0.6 is 11.6 Å². The number of hydrogen-bond acceptors (Lipinski definition) is 3. The fraction of sp³-hybridized carbons (Fsp3) is 0.538. The van der Waals surface area contributed by atoms with Crippen molar-refractivity contribution in [1.82, 2.24) is 5.32 Å². The summed E-state index contributed by atoms with van der Waals surface area (Å²) in [6.45, 7) is 2.71. The zero-order chi connectivity index (χ0) is 12.3. The van der Waals surface area contributed by atoms with Crippen LogP contribution in [0.1, 0.15) is 13.3 Å². The summed E-state index contributed by atoms with van der Waals surface area (Å²) < 4.78 is 11.6. The Bertz CT molecular complexity index is 372. The fourth-order valence-corrected chi connectivity index (χ4v) is 2.29. The molecule has 0 radical (unpaired) electrons. The third-order valence-corrected chi connectivity index (χ3v) is 3.30. The molecule has 1 aliphatic rings. The number of ether oxygens (including phenoxy) is 2. The van der Waals surface area contributed by atoms with Crippen LogP contribution < -0.4 is 10.1 Å². The molecule has 0 aliphatic heterocycles. The number of rotatable bonds is 5. The standard InChI is InChI=1S/C13H18ClNO2/c1-3-16-13-11(15-2)8-12(13)17-10-6-4-5-9(14)7-10/h4-7,11-13,15H,3,8H2,1-2H3. The normalized spacial score (nSPS) is 27.6. The van der Waals surface area contributed by atoms with E-state index in [9.17, 15) is 0 Å². The van der Waals surface area contributed by atoms with Crippen molar-refractivity contribution in [3.63, 3.8) is 0 Å². The van der Waals surface area contributed by atoms with Crippen molar-refractivity contribution in [2.75, 3.05) is 13.7 Å². The molecule has 0 saturated heterocycles. The number of benzene rings is 1. The maximum Gasteiger partial charge on any atom is 0.128 e. The second kappa shape index (κ2) is 5.71. The van der Waals surface area contributed by atoms with Gasteiger partial charge in [-0.1, -0.05) is 17.7 Å². The van der Waals surface area contributed by atoms with Crippen molar-refractivity contribution in [2.45, 2.75) is 31.6 Å². The number of likely N-dealkylation sites (N-methyl/N-ethyl adjacent to an activating group) is 1. The first-order valence-electron chi connectivity index (χ1n) is 5.95. The molecule has 1 N–H and O–H groups in total. The van der Waals surface area contributed by atoms with E-state index < -0.39 is 0 Å². The smallest absolute Gasteiger partial charge is 0.128 e. The van der Waals surface area contributed by atoms with E-state index in [0.717, 1.165) is 12.2 Å². The maximum atomic E-state index is 5.92. The molecule has 1 aromatic rings. The first-order valence-corrected chi connectivity index (χ1v) is 6.33. The van der Waals surface area contributed by atoms with Crippen LogP contribution in [0.4, 0.5) is 0 Å². The summed E-state index contributed by atoms with van der Waals surface area (Å²) in [5.74, 6) is 0.807. The Morgan fingerprint density at radius 2 is 2.29 bits per heavy atom. The molecule has 1 aromatic carbocycles. The van der Waals surface area contributed by atoms with Gasteiger partial charge in [-0.05, 0) is 32.2 Å². The Morgan fingerprint density at radius 3 is 2.94 bits per heavy atom. The molecule has 3 nitrogen and oxygen atoms in total. The zero-order valence-electron chi connectivity index (χ0n) is 10.2. The van der Waals surface area contributed by atoms with Crippen LogP contribution in [-0.2, 0) is 4.74 Å². The van der Waals surface area contributed by atoms with E-state index in [2.05, 4.69) is 5.32 Å². The Morgan fingerprint density at radius 1 is 1.47 bits per heavy atom. The van der Waals surface area contributed by atoms with Crippen molar-refractivity contribution < 1.29 is 9.47 Å². The summed E-state index contributed by atoms with van der Waals surface area (Å²) in [6.07, 6.45) is 1.21. The molecule has 2 rings (SSSR count). The molecule has 0 amide bonds. The van der Waals surface area contributed by atoms with E-state index >= 15 is 0 Å². The van der Waals surface area contributed by atoms with Gasteiger partial charge in [0.05, 0.1) is 0 Å². The van der Waals surface area contributed by atoms with Gasteiger partial charge in [0.1, 0.15) is 18.0 Å². The summed E-state index contributed by atoms with van der Waals surface area (Å²) in [4.78, 5) is 0. The molecule has 94 valence electrons. The fourth-order valence-electron chi connectivity index (χ4n) is 2.11. The number of nitrogens with one attached hydrogen (secondary N) is 1. The Balaban J connectivity index is 1.95. The van der Waals surface area contributed by atoms with Gasteiger partial charge in [0.2, 0.25) is 0 Å². The minimum absolute atomic E-state index is 0.117. The molecule has 0 aromatic heterocycles. The number of hydrogen-bond donors (Lipinski definition) is 1. The lowest BCUT2D eigenvalue weighted by molar-refractivity contribution is -0.103. The van der Waals surface area contributed by atoms with E-state index in [4.69, 9.17) is 21.1 Å². The van der Waals surface area contributed by atoms with Crippen molar-refractivity contribution in [3.05, 3.63) is 29.3 Å². The van der Waals surface area contributed by atoms with Crippen LogP contribution in [0.15, 0.2) is 24.3 Å². The van der Waals surface area contributed by atoms with Gasteiger partial charge in [-0.15, -0.1) is 0 Å². The maximum absolute atomic E-state index is 5.92. The highest BCUT2D eigenvalue weighted by atomic mass is 35.5. The minimum atomic E-state index is 0.117. The second-order valence-corrected chi connectivity index (χ2v) is 4.60. The molecule has 0 bridgehead atoms. The van der Waals surface area contributed by atoms with E-state index in [-0.39, 0.29) is 12.2 Å². The van der Waals surface area contributed by atoms with Crippen LogP contribution in [0, 0.1) is 0 Å². The average Bonchev–Trinajstić information content (AvgIpc) is 2.31. The Kier molecular flexibility index (Phi) is 4.26. The summed E-state index contributed by atoms with van der Waals surface area (Å²) >= 11 is 5.92. The third kappa shape index (κ3) is 2.92. The molecule has 1 saturated carbocycles. The average molecular weight is 256 g/mol. The first kappa shape index (κ1) is 12.7. The predicted molar refractivity (Wildman–Crippen MR) is 68.7 cm³/mol. The Hall–Kier alpha value is -0.770. The molecular weight excluding hydrogens is 238 g/mol. The SMILES string of the molecule is CCOC1C(NC)CC1Oc1cccc(Cl)c1. The molecule has 0 spiro atoms. The van der Waals surface area contributed by atoms with Gasteiger partial charge in [0, 0.05) is 24.1 Å². The summed E-state index contributed by atoms with van der Waals surface area (Å²) in [5, 5.41) is 3.93. The topological polar surface area (TPSA) is 30.5 Å². The van der Waals surface area contributed by atoms with Gasteiger partial charge in [-0.3, -0.25) is 0 Å². The van der Waals surface area contributed by atoms with Crippen LogP contribution in [0.25, 0.3) is 0 Å². The summed E-state index contributed by atoms with van der Waals surface area (Å²) in [7, 11) is 1.95.